The lowest BCUT2D eigenvalue weighted by Crippen LogP contribution is -2.38. The second-order valence-corrected chi connectivity index (χ2v) is 2.69. The van der Waals surface area contributed by atoms with Crippen molar-refractivity contribution in [3.05, 3.63) is 0 Å². The molecule has 1 saturated heterocycles. The molecule has 1 rings (SSSR count). The van der Waals surface area contributed by atoms with Crippen LogP contribution in [0.3, 0.4) is 0 Å². The average molecular weight is 176 g/mol. The van der Waals surface area contributed by atoms with Gasteiger partial charge in [-0.2, -0.15) is 0 Å². The molecule has 1 aliphatic rings. The summed E-state index contributed by atoms with van der Waals surface area (Å²) in [6.45, 7) is 5.95. The third-order valence-corrected chi connectivity index (χ3v) is 1.85. The molecule has 3 atom stereocenters. The van der Waals surface area contributed by atoms with E-state index in [1.165, 1.54) is 0 Å². The Bertz CT molecular complexity index is 106. The van der Waals surface area contributed by atoms with Crippen molar-refractivity contribution >= 4 is 0 Å². The Morgan fingerprint density at radius 3 is 2.33 bits per heavy atom. The first kappa shape index (κ1) is 11.9. The number of rotatable bonds is 1. The zero-order valence-electron chi connectivity index (χ0n) is 8.41. The Morgan fingerprint density at radius 2 is 1.92 bits per heavy atom. The highest BCUT2D eigenvalue weighted by atomic mass is 16.6. The van der Waals surface area contributed by atoms with Crippen LogP contribution in [0.1, 0.15) is 33.6 Å². The zero-order valence-corrected chi connectivity index (χ0v) is 8.41. The molecule has 1 fully saturated rings. The summed E-state index contributed by atoms with van der Waals surface area (Å²) in [5.74, 6) is 0. The van der Waals surface area contributed by atoms with Gasteiger partial charge in [-0.25, -0.2) is 0 Å². The predicted molar refractivity (Wildman–Crippen MR) is 47.9 cm³/mol. The molecule has 3 heteroatoms. The standard InChI is InChI=1S/C7H14O3.C2H6/c1-5-3-4-6(9-2)7(8)10-5;1-2/h5-8H,3-4H2,1-2H3;1-2H3/t5-,6-,7-;/m1./s1. The molecule has 1 aliphatic heterocycles. The van der Waals surface area contributed by atoms with Gasteiger partial charge in [-0.15, -0.1) is 0 Å². The molecule has 0 radical (unpaired) electrons. The van der Waals surface area contributed by atoms with Crippen LogP contribution in [0.25, 0.3) is 0 Å². The number of hydrogen-bond acceptors (Lipinski definition) is 3. The third-order valence-electron chi connectivity index (χ3n) is 1.85. The topological polar surface area (TPSA) is 38.7 Å². The first-order valence-corrected chi connectivity index (χ1v) is 4.60. The maximum absolute atomic E-state index is 9.19. The van der Waals surface area contributed by atoms with Crippen LogP contribution >= 0.6 is 0 Å². The molecule has 0 aromatic rings. The van der Waals surface area contributed by atoms with E-state index >= 15 is 0 Å². The number of ether oxygens (including phenoxy) is 2. The number of aliphatic hydroxyl groups is 1. The van der Waals surface area contributed by atoms with Gasteiger partial charge in [-0.1, -0.05) is 13.8 Å². The molecule has 74 valence electrons. The lowest BCUT2D eigenvalue weighted by atomic mass is 10.1. The summed E-state index contributed by atoms with van der Waals surface area (Å²) >= 11 is 0. The summed E-state index contributed by atoms with van der Waals surface area (Å²) in [7, 11) is 1.59. The van der Waals surface area contributed by atoms with Crippen LogP contribution in [0.5, 0.6) is 0 Å². The molecular weight excluding hydrogens is 156 g/mol. The van der Waals surface area contributed by atoms with Gasteiger partial charge >= 0.3 is 0 Å². The maximum Gasteiger partial charge on any atom is 0.181 e. The molecule has 3 nitrogen and oxygen atoms in total. The number of methoxy groups -OCH3 is 1. The third kappa shape index (κ3) is 3.52. The fourth-order valence-corrected chi connectivity index (χ4v) is 1.17. The van der Waals surface area contributed by atoms with Gasteiger partial charge in [0.2, 0.25) is 0 Å². The van der Waals surface area contributed by atoms with Crippen LogP contribution in [0, 0.1) is 0 Å². The Labute approximate surface area is 74.7 Å². The highest BCUT2D eigenvalue weighted by Crippen LogP contribution is 2.19. The average Bonchev–Trinajstić information content (AvgIpc) is 2.08. The van der Waals surface area contributed by atoms with Gasteiger partial charge in [-0.05, 0) is 19.8 Å². The van der Waals surface area contributed by atoms with Crippen molar-refractivity contribution in [2.75, 3.05) is 7.11 Å². The molecular formula is C9H20O3. The van der Waals surface area contributed by atoms with Crippen molar-refractivity contribution in [1.82, 2.24) is 0 Å². The van der Waals surface area contributed by atoms with Gasteiger partial charge in [0.1, 0.15) is 6.10 Å². The summed E-state index contributed by atoms with van der Waals surface area (Å²) in [6.07, 6.45) is 1.17. The van der Waals surface area contributed by atoms with E-state index in [1.54, 1.807) is 7.11 Å². The molecule has 0 bridgehead atoms. The largest absolute Gasteiger partial charge is 0.376 e. The van der Waals surface area contributed by atoms with Gasteiger partial charge in [0.25, 0.3) is 0 Å². The van der Waals surface area contributed by atoms with Crippen molar-refractivity contribution in [2.45, 2.75) is 52.1 Å². The fraction of sp³-hybridized carbons (Fsp3) is 1.00. The highest BCUT2D eigenvalue weighted by Gasteiger charge is 2.26. The van der Waals surface area contributed by atoms with Gasteiger partial charge < -0.3 is 14.6 Å². The lowest BCUT2D eigenvalue weighted by Gasteiger charge is -2.30. The normalized spacial score (nSPS) is 35.2. The van der Waals surface area contributed by atoms with Crippen LogP contribution in [0.2, 0.25) is 0 Å². The summed E-state index contributed by atoms with van der Waals surface area (Å²) in [6, 6.07) is 0. The van der Waals surface area contributed by atoms with Crippen LogP contribution in [0.4, 0.5) is 0 Å². The lowest BCUT2D eigenvalue weighted by molar-refractivity contribution is -0.218. The van der Waals surface area contributed by atoms with Crippen LogP contribution in [-0.4, -0.2) is 30.7 Å². The van der Waals surface area contributed by atoms with Gasteiger partial charge in [-0.3, -0.25) is 0 Å². The maximum atomic E-state index is 9.19. The molecule has 0 aromatic heterocycles. The first-order valence-electron chi connectivity index (χ1n) is 4.60. The monoisotopic (exact) mass is 176 g/mol. The summed E-state index contributed by atoms with van der Waals surface area (Å²) < 4.78 is 10.1. The molecule has 0 amide bonds. The molecule has 0 unspecified atom stereocenters. The van der Waals surface area contributed by atoms with E-state index < -0.39 is 6.29 Å². The van der Waals surface area contributed by atoms with E-state index in [2.05, 4.69) is 0 Å². The molecule has 12 heavy (non-hydrogen) atoms. The van der Waals surface area contributed by atoms with Crippen LogP contribution < -0.4 is 0 Å². The molecule has 0 aliphatic carbocycles. The highest BCUT2D eigenvalue weighted by molar-refractivity contribution is 4.70. The van der Waals surface area contributed by atoms with Gasteiger partial charge in [0.15, 0.2) is 6.29 Å². The Balaban J connectivity index is 0.000000561. The number of aliphatic hydroxyl groups excluding tert-OH is 1. The minimum Gasteiger partial charge on any atom is -0.376 e. The van der Waals surface area contributed by atoms with Crippen molar-refractivity contribution < 1.29 is 14.6 Å². The Kier molecular flexibility index (Phi) is 6.34. The smallest absolute Gasteiger partial charge is 0.181 e. The second kappa shape index (κ2) is 6.40. The summed E-state index contributed by atoms with van der Waals surface area (Å²) in [5.41, 5.74) is 0. The van der Waals surface area contributed by atoms with Crippen molar-refractivity contribution in [3.63, 3.8) is 0 Å². The molecule has 0 spiro atoms. The molecule has 1 heterocycles. The van der Waals surface area contributed by atoms with Crippen LogP contribution in [0.15, 0.2) is 0 Å². The summed E-state index contributed by atoms with van der Waals surface area (Å²) in [4.78, 5) is 0. The van der Waals surface area contributed by atoms with Crippen molar-refractivity contribution in [3.8, 4) is 0 Å². The van der Waals surface area contributed by atoms with E-state index in [1.807, 2.05) is 20.8 Å². The van der Waals surface area contributed by atoms with E-state index in [-0.39, 0.29) is 12.2 Å². The number of hydrogen-bond donors (Lipinski definition) is 1. The molecule has 0 saturated carbocycles. The van der Waals surface area contributed by atoms with Crippen LogP contribution in [-0.2, 0) is 9.47 Å². The second-order valence-electron chi connectivity index (χ2n) is 2.69. The first-order chi connectivity index (χ1) is 5.74. The van der Waals surface area contributed by atoms with E-state index in [0.29, 0.717) is 0 Å². The van der Waals surface area contributed by atoms with Gasteiger partial charge in [0.05, 0.1) is 6.10 Å². The zero-order chi connectivity index (χ0) is 9.56. The van der Waals surface area contributed by atoms with E-state index in [0.717, 1.165) is 12.8 Å². The Hall–Kier alpha value is -0.120. The Morgan fingerprint density at radius 1 is 1.33 bits per heavy atom. The van der Waals surface area contributed by atoms with Crippen molar-refractivity contribution in [2.24, 2.45) is 0 Å². The molecule has 1 N–H and O–H groups in total. The fourth-order valence-electron chi connectivity index (χ4n) is 1.17. The predicted octanol–water partition coefficient (Wildman–Crippen LogP) is 1.54. The summed E-state index contributed by atoms with van der Waals surface area (Å²) in [5, 5.41) is 9.19. The molecule has 0 aromatic carbocycles. The minimum absolute atomic E-state index is 0.129. The van der Waals surface area contributed by atoms with E-state index in [4.69, 9.17) is 9.47 Å². The van der Waals surface area contributed by atoms with Crippen molar-refractivity contribution in [1.29, 1.82) is 0 Å². The van der Waals surface area contributed by atoms with E-state index in [9.17, 15) is 5.11 Å². The minimum atomic E-state index is -0.728. The quantitative estimate of drug-likeness (QED) is 0.658. The SMILES string of the molecule is CC.CO[C@@H]1CC[C@@H](C)O[C@H]1O. The van der Waals surface area contributed by atoms with Gasteiger partial charge in [0, 0.05) is 7.11 Å².